The topological polar surface area (TPSA) is 53.9 Å². The van der Waals surface area contributed by atoms with Crippen LogP contribution < -0.4 is 10.2 Å². The van der Waals surface area contributed by atoms with Crippen molar-refractivity contribution in [3.05, 3.63) is 29.8 Å². The number of piperidine rings is 1. The molecule has 1 saturated heterocycles. The molecule has 1 amide bonds. The number of hydrazone groups is 1. The van der Waals surface area contributed by atoms with Gasteiger partial charge in [0.25, 0.3) is 5.91 Å². The molecular weight excluding hydrogens is 266 g/mol. The Kier molecular flexibility index (Phi) is 6.22. The van der Waals surface area contributed by atoms with Gasteiger partial charge in [0.2, 0.25) is 0 Å². The molecule has 1 aliphatic rings. The van der Waals surface area contributed by atoms with Gasteiger partial charge in [0, 0.05) is 0 Å². The molecule has 114 valence electrons. The highest BCUT2D eigenvalue weighted by Gasteiger charge is 2.12. The van der Waals surface area contributed by atoms with Crippen molar-refractivity contribution in [1.29, 1.82) is 0 Å². The molecule has 5 heteroatoms. The lowest BCUT2D eigenvalue weighted by Crippen LogP contribution is -2.38. The molecule has 0 saturated carbocycles. The van der Waals surface area contributed by atoms with Gasteiger partial charge in [-0.1, -0.05) is 6.42 Å². The highest BCUT2D eigenvalue weighted by molar-refractivity contribution is 5.83. The fraction of sp³-hybridized carbons (Fsp3) is 0.500. The normalized spacial score (nSPS) is 16.0. The molecule has 0 aliphatic carbocycles. The van der Waals surface area contributed by atoms with Crippen LogP contribution in [0, 0.1) is 0 Å². The van der Waals surface area contributed by atoms with Crippen LogP contribution in [-0.4, -0.2) is 43.3 Å². The first-order valence-corrected chi connectivity index (χ1v) is 7.55. The van der Waals surface area contributed by atoms with Crippen molar-refractivity contribution in [2.24, 2.45) is 5.10 Å². The lowest BCUT2D eigenvalue weighted by atomic mass is 10.1. The fourth-order valence-corrected chi connectivity index (χ4v) is 2.35. The number of hydrogen-bond acceptors (Lipinski definition) is 4. The van der Waals surface area contributed by atoms with Crippen molar-refractivity contribution in [2.75, 3.05) is 26.2 Å². The minimum atomic E-state index is -0.0564. The van der Waals surface area contributed by atoms with Gasteiger partial charge in [-0.05, 0) is 62.7 Å². The van der Waals surface area contributed by atoms with Crippen LogP contribution in [0.2, 0.25) is 0 Å². The Morgan fingerprint density at radius 2 is 2.00 bits per heavy atom. The summed E-state index contributed by atoms with van der Waals surface area (Å²) in [6, 6.07) is 7.59. The summed E-state index contributed by atoms with van der Waals surface area (Å²) >= 11 is 0. The smallest absolute Gasteiger partial charge is 0.254 e. The van der Waals surface area contributed by atoms with Crippen LogP contribution >= 0.6 is 0 Å². The minimum Gasteiger partial charge on any atom is -0.494 e. The second-order valence-electron chi connectivity index (χ2n) is 5.13. The van der Waals surface area contributed by atoms with Gasteiger partial charge in [-0.3, -0.25) is 9.69 Å². The molecule has 0 atom stereocenters. The van der Waals surface area contributed by atoms with E-state index in [1.54, 1.807) is 6.21 Å². The predicted octanol–water partition coefficient (Wildman–Crippen LogP) is 2.02. The summed E-state index contributed by atoms with van der Waals surface area (Å²) in [5.41, 5.74) is 3.50. The molecule has 1 aliphatic heterocycles. The van der Waals surface area contributed by atoms with Crippen LogP contribution in [-0.2, 0) is 4.79 Å². The van der Waals surface area contributed by atoms with E-state index in [4.69, 9.17) is 4.74 Å². The zero-order valence-electron chi connectivity index (χ0n) is 12.5. The first kappa shape index (κ1) is 15.5. The third kappa shape index (κ3) is 5.55. The SMILES string of the molecule is CCOc1ccc(/C=N\NC(=O)CN2CCCCC2)cc1. The number of ether oxygens (including phenoxy) is 1. The molecule has 0 aromatic heterocycles. The van der Waals surface area contributed by atoms with E-state index in [0.717, 1.165) is 24.4 Å². The second-order valence-corrected chi connectivity index (χ2v) is 5.13. The van der Waals surface area contributed by atoms with Crippen molar-refractivity contribution >= 4 is 12.1 Å². The van der Waals surface area contributed by atoms with Gasteiger partial charge in [0.15, 0.2) is 0 Å². The third-order valence-electron chi connectivity index (χ3n) is 3.41. The molecule has 1 heterocycles. The molecule has 1 aromatic carbocycles. The number of carbonyl (C=O) groups excluding carboxylic acids is 1. The van der Waals surface area contributed by atoms with Crippen molar-refractivity contribution in [3.8, 4) is 5.75 Å². The Balaban J connectivity index is 1.74. The third-order valence-corrected chi connectivity index (χ3v) is 3.41. The number of hydrogen-bond donors (Lipinski definition) is 1. The number of likely N-dealkylation sites (tertiary alicyclic amines) is 1. The van der Waals surface area contributed by atoms with Crippen molar-refractivity contribution in [3.63, 3.8) is 0 Å². The van der Waals surface area contributed by atoms with Gasteiger partial charge < -0.3 is 4.74 Å². The van der Waals surface area contributed by atoms with Crippen molar-refractivity contribution in [1.82, 2.24) is 10.3 Å². The van der Waals surface area contributed by atoms with E-state index in [9.17, 15) is 4.79 Å². The maximum absolute atomic E-state index is 11.8. The van der Waals surface area contributed by atoms with Gasteiger partial charge in [-0.2, -0.15) is 5.10 Å². The number of amides is 1. The highest BCUT2D eigenvalue weighted by atomic mass is 16.5. The predicted molar refractivity (Wildman–Crippen MR) is 83.6 cm³/mol. The molecule has 0 radical (unpaired) electrons. The van der Waals surface area contributed by atoms with Gasteiger partial charge in [0.05, 0.1) is 19.4 Å². The van der Waals surface area contributed by atoms with E-state index in [-0.39, 0.29) is 5.91 Å². The average molecular weight is 289 g/mol. The highest BCUT2D eigenvalue weighted by Crippen LogP contribution is 2.10. The van der Waals surface area contributed by atoms with Crippen LogP contribution in [0.3, 0.4) is 0 Å². The van der Waals surface area contributed by atoms with E-state index in [1.165, 1.54) is 19.3 Å². The van der Waals surface area contributed by atoms with E-state index >= 15 is 0 Å². The van der Waals surface area contributed by atoms with Gasteiger partial charge in [0.1, 0.15) is 5.75 Å². The minimum absolute atomic E-state index is 0.0564. The molecule has 1 N–H and O–H groups in total. The molecule has 2 rings (SSSR count). The van der Waals surface area contributed by atoms with E-state index in [1.807, 2.05) is 31.2 Å². The van der Waals surface area contributed by atoms with Crippen molar-refractivity contribution in [2.45, 2.75) is 26.2 Å². The lowest BCUT2D eigenvalue weighted by molar-refractivity contribution is -0.122. The Hall–Kier alpha value is -1.88. The molecule has 0 bridgehead atoms. The molecule has 0 unspecified atom stereocenters. The maximum Gasteiger partial charge on any atom is 0.254 e. The molecule has 21 heavy (non-hydrogen) atoms. The molecule has 1 aromatic rings. The Morgan fingerprint density at radius 3 is 2.67 bits per heavy atom. The largest absolute Gasteiger partial charge is 0.494 e. The van der Waals surface area contributed by atoms with Gasteiger partial charge >= 0.3 is 0 Å². The van der Waals surface area contributed by atoms with Crippen LogP contribution in [0.15, 0.2) is 29.4 Å². The zero-order valence-corrected chi connectivity index (χ0v) is 12.5. The summed E-state index contributed by atoms with van der Waals surface area (Å²) in [6.45, 7) is 5.06. The van der Waals surface area contributed by atoms with Crippen LogP contribution in [0.5, 0.6) is 5.75 Å². The first-order chi connectivity index (χ1) is 10.3. The van der Waals surface area contributed by atoms with E-state index in [0.29, 0.717) is 13.2 Å². The van der Waals surface area contributed by atoms with Gasteiger partial charge in [-0.15, -0.1) is 0 Å². The number of nitrogens with one attached hydrogen (secondary N) is 1. The number of rotatable bonds is 6. The summed E-state index contributed by atoms with van der Waals surface area (Å²) in [5.74, 6) is 0.780. The maximum atomic E-state index is 11.8. The Morgan fingerprint density at radius 1 is 1.29 bits per heavy atom. The fourth-order valence-electron chi connectivity index (χ4n) is 2.35. The van der Waals surface area contributed by atoms with Crippen LogP contribution in [0.1, 0.15) is 31.7 Å². The first-order valence-electron chi connectivity index (χ1n) is 7.55. The number of benzene rings is 1. The second kappa shape index (κ2) is 8.42. The zero-order chi connectivity index (χ0) is 14.9. The summed E-state index contributed by atoms with van der Waals surface area (Å²) in [6.07, 6.45) is 5.28. The van der Waals surface area contributed by atoms with E-state index in [2.05, 4.69) is 15.4 Å². The summed E-state index contributed by atoms with van der Waals surface area (Å²) in [5, 5.41) is 3.99. The van der Waals surface area contributed by atoms with Crippen LogP contribution in [0.25, 0.3) is 0 Å². The molecule has 5 nitrogen and oxygen atoms in total. The van der Waals surface area contributed by atoms with Gasteiger partial charge in [-0.25, -0.2) is 5.43 Å². The van der Waals surface area contributed by atoms with Crippen LogP contribution in [0.4, 0.5) is 0 Å². The average Bonchev–Trinajstić information content (AvgIpc) is 2.50. The Labute approximate surface area is 126 Å². The quantitative estimate of drug-likeness (QED) is 0.644. The summed E-state index contributed by atoms with van der Waals surface area (Å²) in [7, 11) is 0. The molecular formula is C16H23N3O2. The number of carbonyl (C=O) groups is 1. The standard InChI is InChI=1S/C16H23N3O2/c1-2-21-15-8-6-14(7-9-15)12-17-18-16(20)13-19-10-4-3-5-11-19/h6-9,12H,2-5,10-11,13H2,1H3,(H,18,20)/b17-12-. The van der Waals surface area contributed by atoms with Crippen molar-refractivity contribution < 1.29 is 9.53 Å². The number of nitrogens with zero attached hydrogens (tertiary/aromatic N) is 2. The molecule has 0 spiro atoms. The summed E-state index contributed by atoms with van der Waals surface area (Å²) < 4.78 is 5.37. The Bertz CT molecular complexity index is 465. The lowest BCUT2D eigenvalue weighted by Gasteiger charge is -2.25. The molecule has 1 fully saturated rings. The summed E-state index contributed by atoms with van der Waals surface area (Å²) in [4.78, 5) is 13.9. The monoisotopic (exact) mass is 289 g/mol. The van der Waals surface area contributed by atoms with E-state index < -0.39 is 0 Å².